The zero-order chi connectivity index (χ0) is 16.6. The molecule has 0 bridgehead atoms. The van der Waals surface area contributed by atoms with E-state index in [4.69, 9.17) is 9.47 Å². The molecule has 3 aromatic rings. The van der Waals surface area contributed by atoms with Gasteiger partial charge in [0.05, 0.1) is 4.88 Å². The van der Waals surface area contributed by atoms with E-state index in [1.54, 1.807) is 11.3 Å². The van der Waals surface area contributed by atoms with E-state index in [1.807, 2.05) is 22.7 Å². The normalized spacial score (nSPS) is 17.0. The summed E-state index contributed by atoms with van der Waals surface area (Å²) in [7, 11) is 0. The topological polar surface area (TPSA) is 18.5 Å². The molecule has 5 heteroatoms. The van der Waals surface area contributed by atoms with Crippen LogP contribution in [0.5, 0.6) is 11.5 Å². The third kappa shape index (κ3) is 1.86. The van der Waals surface area contributed by atoms with Gasteiger partial charge >= 0.3 is 0 Å². The average Bonchev–Trinajstić information content (AvgIpc) is 3.25. The van der Waals surface area contributed by atoms with Crippen LogP contribution < -0.4 is 9.47 Å². The van der Waals surface area contributed by atoms with Crippen molar-refractivity contribution in [1.29, 1.82) is 0 Å². The highest BCUT2D eigenvalue weighted by Crippen LogP contribution is 2.59. The molecule has 1 aliphatic carbocycles. The van der Waals surface area contributed by atoms with E-state index >= 15 is 0 Å². The summed E-state index contributed by atoms with van der Waals surface area (Å²) >= 11 is 5.62. The number of fused-ring (bicyclic) bond motifs is 4. The Balaban J connectivity index is 1.70. The monoisotopic (exact) mass is 374 g/mol. The van der Waals surface area contributed by atoms with Gasteiger partial charge in [-0.1, -0.05) is 13.8 Å². The first-order valence-corrected chi connectivity index (χ1v) is 10.6. The Morgan fingerprint density at radius 3 is 2.29 bits per heavy atom. The van der Waals surface area contributed by atoms with Crippen molar-refractivity contribution in [3.8, 4) is 31.0 Å². The van der Waals surface area contributed by atoms with Crippen molar-refractivity contribution >= 4 is 34.0 Å². The molecule has 0 unspecified atom stereocenters. The molecular formula is C19H18O2S3. The quantitative estimate of drug-likeness (QED) is 0.502. The number of thiophene rings is 3. The molecule has 24 heavy (non-hydrogen) atoms. The van der Waals surface area contributed by atoms with Crippen LogP contribution in [0.15, 0.2) is 12.1 Å². The van der Waals surface area contributed by atoms with Gasteiger partial charge in [0.2, 0.25) is 0 Å². The lowest BCUT2D eigenvalue weighted by Crippen LogP contribution is -2.15. The van der Waals surface area contributed by atoms with Crippen LogP contribution in [0, 0.1) is 13.8 Å². The molecular weight excluding hydrogens is 356 g/mol. The van der Waals surface area contributed by atoms with Crippen molar-refractivity contribution in [2.24, 2.45) is 0 Å². The molecule has 124 valence electrons. The molecule has 0 spiro atoms. The third-order valence-electron chi connectivity index (χ3n) is 4.93. The molecule has 3 aromatic heterocycles. The lowest BCUT2D eigenvalue weighted by molar-refractivity contribution is 0.173. The Kier molecular flexibility index (Phi) is 3.04. The summed E-state index contributed by atoms with van der Waals surface area (Å²) in [5, 5.41) is 0. The van der Waals surface area contributed by atoms with Crippen LogP contribution >= 0.6 is 34.0 Å². The van der Waals surface area contributed by atoms with Crippen molar-refractivity contribution < 1.29 is 9.47 Å². The molecule has 4 heterocycles. The van der Waals surface area contributed by atoms with Crippen molar-refractivity contribution in [2.45, 2.75) is 33.1 Å². The van der Waals surface area contributed by atoms with E-state index in [0.29, 0.717) is 13.2 Å². The SMILES string of the molecule is Cc1cc2c(s1)-c1sc(-c3sc(C)c4c3OCCO4)cc1C2(C)C. The largest absolute Gasteiger partial charge is 0.485 e. The zero-order valence-corrected chi connectivity index (χ0v) is 16.6. The van der Waals surface area contributed by atoms with Gasteiger partial charge in [-0.15, -0.1) is 34.0 Å². The fourth-order valence-electron chi connectivity index (χ4n) is 3.68. The van der Waals surface area contributed by atoms with E-state index in [0.717, 1.165) is 11.5 Å². The van der Waals surface area contributed by atoms with Crippen molar-refractivity contribution in [2.75, 3.05) is 13.2 Å². The van der Waals surface area contributed by atoms with E-state index in [9.17, 15) is 0 Å². The first-order chi connectivity index (χ1) is 11.5. The third-order valence-corrected chi connectivity index (χ3v) is 8.53. The maximum atomic E-state index is 5.95. The first kappa shape index (κ1) is 15.0. The van der Waals surface area contributed by atoms with Gasteiger partial charge in [0.25, 0.3) is 0 Å². The highest BCUT2D eigenvalue weighted by Gasteiger charge is 2.39. The lowest BCUT2D eigenvalue weighted by Gasteiger charge is -2.19. The van der Waals surface area contributed by atoms with Crippen LogP contribution in [0.2, 0.25) is 0 Å². The van der Waals surface area contributed by atoms with Gasteiger partial charge in [0, 0.05) is 29.8 Å². The predicted molar refractivity (Wildman–Crippen MR) is 104 cm³/mol. The smallest absolute Gasteiger partial charge is 0.181 e. The Hall–Kier alpha value is -1.30. The van der Waals surface area contributed by atoms with Crippen LogP contribution in [0.25, 0.3) is 19.5 Å². The minimum absolute atomic E-state index is 0.0912. The van der Waals surface area contributed by atoms with Crippen LogP contribution in [0.4, 0.5) is 0 Å². The van der Waals surface area contributed by atoms with E-state index < -0.39 is 0 Å². The molecule has 0 aromatic carbocycles. The maximum Gasteiger partial charge on any atom is 0.181 e. The van der Waals surface area contributed by atoms with Gasteiger partial charge < -0.3 is 9.47 Å². The Morgan fingerprint density at radius 1 is 0.833 bits per heavy atom. The Morgan fingerprint density at radius 2 is 1.50 bits per heavy atom. The molecule has 0 saturated heterocycles. The fraction of sp³-hybridized carbons (Fsp3) is 0.368. The highest BCUT2D eigenvalue weighted by atomic mass is 32.1. The number of hydrogen-bond donors (Lipinski definition) is 0. The summed E-state index contributed by atoms with van der Waals surface area (Å²) in [4.78, 5) is 8.05. The van der Waals surface area contributed by atoms with Crippen LogP contribution in [-0.4, -0.2) is 13.2 Å². The molecule has 0 amide bonds. The molecule has 5 rings (SSSR count). The van der Waals surface area contributed by atoms with E-state index in [-0.39, 0.29) is 5.41 Å². The molecule has 2 nitrogen and oxygen atoms in total. The van der Waals surface area contributed by atoms with Gasteiger partial charge in [-0.25, -0.2) is 0 Å². The predicted octanol–water partition coefficient (Wildman–Crippen LogP) is 6.23. The summed E-state index contributed by atoms with van der Waals surface area (Å²) in [6.45, 7) is 10.3. The average molecular weight is 375 g/mol. The second-order valence-electron chi connectivity index (χ2n) is 6.92. The number of aryl methyl sites for hydroxylation is 2. The second kappa shape index (κ2) is 4.87. The first-order valence-electron chi connectivity index (χ1n) is 8.12. The Labute approximate surface area is 153 Å². The van der Waals surface area contributed by atoms with Gasteiger partial charge in [-0.2, -0.15) is 0 Å². The molecule has 0 fully saturated rings. The van der Waals surface area contributed by atoms with Gasteiger partial charge in [-0.3, -0.25) is 0 Å². The zero-order valence-electron chi connectivity index (χ0n) is 14.1. The number of ether oxygens (including phenoxy) is 2. The summed E-state index contributed by atoms with van der Waals surface area (Å²) < 4.78 is 11.8. The summed E-state index contributed by atoms with van der Waals surface area (Å²) in [6, 6.07) is 4.74. The molecule has 2 aliphatic rings. The number of hydrogen-bond acceptors (Lipinski definition) is 5. The molecule has 0 saturated carbocycles. The number of rotatable bonds is 1. The molecule has 0 N–H and O–H groups in total. The minimum Gasteiger partial charge on any atom is -0.485 e. The molecule has 0 atom stereocenters. The highest BCUT2D eigenvalue weighted by molar-refractivity contribution is 7.27. The lowest BCUT2D eigenvalue weighted by atomic mass is 9.84. The van der Waals surface area contributed by atoms with E-state index in [2.05, 4.69) is 39.8 Å². The Bertz CT molecular complexity index is 971. The van der Waals surface area contributed by atoms with Crippen LogP contribution in [-0.2, 0) is 5.41 Å². The van der Waals surface area contributed by atoms with Crippen LogP contribution in [0.3, 0.4) is 0 Å². The summed E-state index contributed by atoms with van der Waals surface area (Å²) in [5.74, 6) is 1.89. The maximum absolute atomic E-state index is 5.95. The summed E-state index contributed by atoms with van der Waals surface area (Å²) in [6.07, 6.45) is 0. The molecule has 1 aliphatic heterocycles. The van der Waals surface area contributed by atoms with Crippen molar-refractivity contribution in [3.63, 3.8) is 0 Å². The van der Waals surface area contributed by atoms with Gasteiger partial charge in [0.15, 0.2) is 11.5 Å². The van der Waals surface area contributed by atoms with Crippen LogP contribution in [0.1, 0.15) is 34.7 Å². The van der Waals surface area contributed by atoms with Gasteiger partial charge in [0.1, 0.15) is 13.2 Å². The van der Waals surface area contributed by atoms with Gasteiger partial charge in [-0.05, 0) is 37.1 Å². The van der Waals surface area contributed by atoms with Crippen molar-refractivity contribution in [3.05, 3.63) is 33.0 Å². The minimum atomic E-state index is 0.0912. The molecule has 0 radical (unpaired) electrons. The second-order valence-corrected chi connectivity index (χ2v) is 10.5. The standard InChI is InChI=1S/C19H18O2S3/c1-9-7-11-16(22-9)17-12(19(11,3)4)8-13(24-17)18-15-14(10(2)23-18)20-5-6-21-15/h7-8H,5-6H2,1-4H3. The van der Waals surface area contributed by atoms with E-state index in [1.165, 1.54) is 40.4 Å². The fourth-order valence-corrected chi connectivity index (χ4v) is 7.47. The summed E-state index contributed by atoms with van der Waals surface area (Å²) in [5.41, 5.74) is 3.04. The van der Waals surface area contributed by atoms with Crippen molar-refractivity contribution in [1.82, 2.24) is 0 Å².